The zero-order chi connectivity index (χ0) is 16.4. The molecule has 0 aliphatic rings. The molecule has 2 aromatic rings. The van der Waals surface area contributed by atoms with Crippen molar-refractivity contribution in [1.29, 1.82) is 0 Å². The summed E-state index contributed by atoms with van der Waals surface area (Å²) in [5.74, 6) is 0. The maximum absolute atomic E-state index is 13.1. The van der Waals surface area contributed by atoms with Gasteiger partial charge in [-0.3, -0.25) is 5.32 Å². The van der Waals surface area contributed by atoms with E-state index in [1.165, 1.54) is 6.07 Å². The van der Waals surface area contributed by atoms with Gasteiger partial charge >= 0.3 is 12.4 Å². The van der Waals surface area contributed by atoms with Crippen LogP contribution in [0.5, 0.6) is 0 Å². The fourth-order valence-corrected chi connectivity index (χ4v) is 1.94. The highest BCUT2D eigenvalue weighted by Crippen LogP contribution is 2.40. The summed E-state index contributed by atoms with van der Waals surface area (Å²) in [5.41, 5.74) is -2.06. The number of hydrogen-bond donors (Lipinski definition) is 1. The summed E-state index contributed by atoms with van der Waals surface area (Å²) in [5, 5.41) is 5.45. The highest BCUT2D eigenvalue weighted by atomic mass is 19.4. The number of aromatic nitrogens is 1. The first-order valence-corrected chi connectivity index (χ1v) is 6.05. The van der Waals surface area contributed by atoms with E-state index in [0.717, 1.165) is 24.5 Å². The first-order chi connectivity index (χ1) is 10.2. The van der Waals surface area contributed by atoms with Gasteiger partial charge in [-0.1, -0.05) is 23.4 Å². The van der Waals surface area contributed by atoms with Gasteiger partial charge in [-0.05, 0) is 11.6 Å². The van der Waals surface area contributed by atoms with E-state index in [9.17, 15) is 26.3 Å². The lowest BCUT2D eigenvalue weighted by Gasteiger charge is -2.24. The van der Waals surface area contributed by atoms with E-state index in [0.29, 0.717) is 6.07 Å². The van der Waals surface area contributed by atoms with E-state index in [1.54, 1.807) is 0 Å². The zero-order valence-corrected chi connectivity index (χ0v) is 10.9. The Morgan fingerprint density at radius 1 is 1.05 bits per heavy atom. The minimum Gasteiger partial charge on any atom is -0.364 e. The Labute approximate surface area is 120 Å². The highest BCUT2D eigenvalue weighted by molar-refractivity contribution is 5.33. The Morgan fingerprint density at radius 2 is 1.73 bits per heavy atom. The molecular weight excluding hydrogens is 314 g/mol. The zero-order valence-electron chi connectivity index (χ0n) is 10.9. The minimum absolute atomic E-state index is 0.152. The van der Waals surface area contributed by atoms with E-state index >= 15 is 0 Å². The number of nitrogens with zero attached hydrogens (tertiary/aromatic N) is 1. The van der Waals surface area contributed by atoms with Crippen molar-refractivity contribution in [1.82, 2.24) is 10.5 Å². The molecule has 9 heteroatoms. The number of nitrogens with one attached hydrogen (secondary N) is 1. The molecule has 0 spiro atoms. The highest BCUT2D eigenvalue weighted by Gasteiger charge is 2.45. The van der Waals surface area contributed by atoms with Gasteiger partial charge in [-0.2, -0.15) is 26.3 Å². The molecule has 22 heavy (non-hydrogen) atoms. The molecule has 1 aromatic heterocycles. The Balaban J connectivity index is 2.34. The molecule has 0 unspecified atom stereocenters. The fraction of sp³-hybridized carbons (Fsp3) is 0.308. The van der Waals surface area contributed by atoms with E-state index in [1.807, 2.05) is 5.32 Å². The lowest BCUT2D eigenvalue weighted by molar-refractivity contribution is -0.163. The van der Waals surface area contributed by atoms with Gasteiger partial charge in [0, 0.05) is 12.6 Å². The Morgan fingerprint density at radius 3 is 2.27 bits per heavy atom. The summed E-state index contributed by atoms with van der Waals surface area (Å²) >= 11 is 0. The number of alkyl halides is 6. The number of halogens is 6. The third-order valence-corrected chi connectivity index (χ3v) is 2.88. The molecule has 1 atom stereocenters. The summed E-state index contributed by atoms with van der Waals surface area (Å²) in [6, 6.07) is 2.43. The standard InChI is InChI=1S/C13H10F6N2O/c14-12(15,16)10-4-2-1-3-9(10)11(13(17,18)19)20-7-8-5-6-22-21-8/h1-6,11,20H,7H2/t11-/m0/s1. The number of hydrogen-bond acceptors (Lipinski definition) is 3. The van der Waals surface area contributed by atoms with E-state index in [2.05, 4.69) is 9.68 Å². The van der Waals surface area contributed by atoms with Gasteiger partial charge in [-0.25, -0.2) is 0 Å². The topological polar surface area (TPSA) is 38.1 Å². The largest absolute Gasteiger partial charge is 0.416 e. The molecule has 0 aliphatic heterocycles. The first kappa shape index (κ1) is 16.3. The normalized spacial score (nSPS) is 14.1. The van der Waals surface area contributed by atoms with Crippen molar-refractivity contribution in [3.05, 3.63) is 53.4 Å². The molecule has 2 rings (SSSR count). The van der Waals surface area contributed by atoms with Crippen molar-refractivity contribution in [3.63, 3.8) is 0 Å². The van der Waals surface area contributed by atoms with E-state index in [4.69, 9.17) is 0 Å². The lowest BCUT2D eigenvalue weighted by Crippen LogP contribution is -2.35. The Kier molecular flexibility index (Phi) is 4.45. The van der Waals surface area contributed by atoms with E-state index < -0.39 is 29.5 Å². The van der Waals surface area contributed by atoms with Crippen LogP contribution in [-0.2, 0) is 12.7 Å². The summed E-state index contributed by atoms with van der Waals surface area (Å²) in [4.78, 5) is 0. The van der Waals surface area contributed by atoms with E-state index in [-0.39, 0.29) is 12.2 Å². The molecule has 0 radical (unpaired) electrons. The first-order valence-electron chi connectivity index (χ1n) is 6.05. The second kappa shape index (κ2) is 5.99. The smallest absolute Gasteiger partial charge is 0.364 e. The van der Waals surface area contributed by atoms with Gasteiger partial charge in [0.1, 0.15) is 12.3 Å². The van der Waals surface area contributed by atoms with Gasteiger partial charge in [0.15, 0.2) is 0 Å². The number of benzene rings is 1. The molecule has 0 amide bonds. The number of rotatable bonds is 4. The van der Waals surface area contributed by atoms with Crippen LogP contribution in [0.25, 0.3) is 0 Å². The molecule has 1 heterocycles. The summed E-state index contributed by atoms with van der Waals surface area (Å²) in [7, 11) is 0. The Bertz CT molecular complexity index is 606. The maximum atomic E-state index is 13.1. The van der Waals surface area contributed by atoms with Crippen LogP contribution in [0.3, 0.4) is 0 Å². The van der Waals surface area contributed by atoms with Gasteiger partial charge in [0.25, 0.3) is 0 Å². The Hall–Kier alpha value is -2.03. The predicted octanol–water partition coefficient (Wildman–Crippen LogP) is 4.09. The maximum Gasteiger partial charge on any atom is 0.416 e. The SMILES string of the molecule is FC(F)(F)c1ccccc1[C@H](NCc1ccon1)C(F)(F)F. The second-order valence-corrected chi connectivity index (χ2v) is 4.43. The van der Waals surface area contributed by atoms with Crippen molar-refractivity contribution >= 4 is 0 Å². The van der Waals surface area contributed by atoms with Crippen molar-refractivity contribution in [2.75, 3.05) is 0 Å². The van der Waals surface area contributed by atoms with Crippen molar-refractivity contribution in [2.24, 2.45) is 0 Å². The third-order valence-electron chi connectivity index (χ3n) is 2.88. The van der Waals surface area contributed by atoms with Crippen LogP contribution in [0, 0.1) is 0 Å². The molecule has 120 valence electrons. The monoisotopic (exact) mass is 324 g/mol. The molecule has 0 saturated heterocycles. The van der Waals surface area contributed by atoms with Crippen LogP contribution >= 0.6 is 0 Å². The predicted molar refractivity (Wildman–Crippen MR) is 63.6 cm³/mol. The quantitative estimate of drug-likeness (QED) is 0.861. The molecule has 1 N–H and O–H groups in total. The average molecular weight is 324 g/mol. The summed E-state index contributed by atoms with van der Waals surface area (Å²) in [6.45, 7) is -0.382. The average Bonchev–Trinajstić information content (AvgIpc) is 2.90. The van der Waals surface area contributed by atoms with Crippen LogP contribution in [-0.4, -0.2) is 11.3 Å². The molecule has 3 nitrogen and oxygen atoms in total. The lowest BCUT2D eigenvalue weighted by atomic mass is 9.99. The summed E-state index contributed by atoms with van der Waals surface area (Å²) < 4.78 is 82.5. The van der Waals surface area contributed by atoms with Gasteiger partial charge in [0.2, 0.25) is 0 Å². The fourth-order valence-electron chi connectivity index (χ4n) is 1.94. The van der Waals surface area contributed by atoms with Crippen molar-refractivity contribution in [3.8, 4) is 0 Å². The molecule has 0 saturated carbocycles. The van der Waals surface area contributed by atoms with Crippen LogP contribution < -0.4 is 5.32 Å². The molecule has 0 fully saturated rings. The van der Waals surface area contributed by atoms with Crippen LogP contribution in [0.1, 0.15) is 22.9 Å². The van der Waals surface area contributed by atoms with Gasteiger partial charge in [0.05, 0.1) is 11.3 Å². The second-order valence-electron chi connectivity index (χ2n) is 4.43. The van der Waals surface area contributed by atoms with Crippen molar-refractivity contribution in [2.45, 2.75) is 24.9 Å². The molecule has 0 bridgehead atoms. The van der Waals surface area contributed by atoms with Crippen molar-refractivity contribution < 1.29 is 30.9 Å². The minimum atomic E-state index is -4.90. The summed E-state index contributed by atoms with van der Waals surface area (Å²) in [6.07, 6.45) is -8.62. The van der Waals surface area contributed by atoms with Crippen LogP contribution in [0.4, 0.5) is 26.3 Å². The van der Waals surface area contributed by atoms with Crippen LogP contribution in [0.15, 0.2) is 41.1 Å². The molecular formula is C13H10F6N2O. The molecule has 1 aromatic carbocycles. The third kappa shape index (κ3) is 3.79. The van der Waals surface area contributed by atoms with Gasteiger partial charge < -0.3 is 4.52 Å². The van der Waals surface area contributed by atoms with Crippen LogP contribution in [0.2, 0.25) is 0 Å². The molecule has 0 aliphatic carbocycles. The van der Waals surface area contributed by atoms with Gasteiger partial charge in [-0.15, -0.1) is 0 Å².